The fourth-order valence-corrected chi connectivity index (χ4v) is 3.73. The van der Waals surface area contributed by atoms with E-state index in [1.165, 1.54) is 16.5 Å². The lowest BCUT2D eigenvalue weighted by atomic mass is 9.91. The molecule has 0 aliphatic heterocycles. The van der Waals surface area contributed by atoms with Gasteiger partial charge in [-0.05, 0) is 55.3 Å². The Hall–Kier alpha value is -3.53. The van der Waals surface area contributed by atoms with Crippen LogP contribution >= 0.6 is 0 Å². The molecule has 1 heterocycles. The minimum Gasteiger partial charge on any atom is -0.491 e. The normalized spacial score (nSPS) is 12.1. The highest BCUT2D eigenvalue weighted by Gasteiger charge is 2.19. The van der Waals surface area contributed by atoms with Crippen LogP contribution in [0, 0.1) is 0 Å². The summed E-state index contributed by atoms with van der Waals surface area (Å²) in [6.45, 7) is 4.47. The number of nitrogens with one attached hydrogen (secondary N) is 2. The number of carbonyl (C=O) groups is 1. The van der Waals surface area contributed by atoms with E-state index in [1.807, 2.05) is 62.5 Å². The number of hydrogen-bond donors (Lipinski definition) is 2. The third-order valence-corrected chi connectivity index (χ3v) is 5.15. The summed E-state index contributed by atoms with van der Waals surface area (Å²) in [5, 5.41) is 4.29. The van der Waals surface area contributed by atoms with Crippen LogP contribution in [0.25, 0.3) is 10.9 Å². The van der Waals surface area contributed by atoms with Crippen molar-refractivity contribution in [2.24, 2.45) is 0 Å². The summed E-state index contributed by atoms with van der Waals surface area (Å²) >= 11 is 0. The molecule has 1 unspecified atom stereocenters. The molecule has 1 amide bonds. The van der Waals surface area contributed by atoms with E-state index in [2.05, 4.69) is 34.6 Å². The van der Waals surface area contributed by atoms with Gasteiger partial charge in [0.25, 0.3) is 5.91 Å². The number of hydrogen-bond acceptors (Lipinski definition) is 2. The van der Waals surface area contributed by atoms with Gasteiger partial charge in [-0.25, -0.2) is 0 Å². The SMILES string of the molecule is CC(C)Oc1ccc(C(=O)NCC(c2ccccc2)c2c[nH]c3ccccc23)cc1. The van der Waals surface area contributed by atoms with Gasteiger partial charge in [-0.2, -0.15) is 0 Å². The van der Waals surface area contributed by atoms with Crippen LogP contribution in [0.4, 0.5) is 0 Å². The zero-order valence-corrected chi connectivity index (χ0v) is 17.3. The molecule has 1 aromatic heterocycles. The second-order valence-electron chi connectivity index (χ2n) is 7.65. The maximum absolute atomic E-state index is 12.8. The topological polar surface area (TPSA) is 54.1 Å². The van der Waals surface area contributed by atoms with E-state index in [4.69, 9.17) is 4.74 Å². The second kappa shape index (κ2) is 8.87. The molecule has 4 aromatic rings. The van der Waals surface area contributed by atoms with Crippen molar-refractivity contribution in [3.05, 3.63) is 102 Å². The van der Waals surface area contributed by atoms with Gasteiger partial charge >= 0.3 is 0 Å². The van der Waals surface area contributed by atoms with Crippen molar-refractivity contribution in [1.82, 2.24) is 10.3 Å². The van der Waals surface area contributed by atoms with E-state index in [0.29, 0.717) is 12.1 Å². The Balaban J connectivity index is 1.55. The summed E-state index contributed by atoms with van der Waals surface area (Å²) in [4.78, 5) is 16.1. The first-order valence-corrected chi connectivity index (χ1v) is 10.3. The van der Waals surface area contributed by atoms with Crippen LogP contribution in [0.3, 0.4) is 0 Å². The Morgan fingerprint density at radius 1 is 0.933 bits per heavy atom. The van der Waals surface area contributed by atoms with E-state index in [0.717, 1.165) is 11.3 Å². The van der Waals surface area contributed by atoms with E-state index >= 15 is 0 Å². The average Bonchev–Trinajstić information content (AvgIpc) is 3.19. The molecular weight excluding hydrogens is 372 g/mol. The molecule has 0 spiro atoms. The van der Waals surface area contributed by atoms with E-state index in [1.54, 1.807) is 12.1 Å². The Morgan fingerprint density at radius 3 is 2.37 bits per heavy atom. The van der Waals surface area contributed by atoms with E-state index in [-0.39, 0.29) is 17.9 Å². The minimum atomic E-state index is -0.0909. The highest BCUT2D eigenvalue weighted by atomic mass is 16.5. The number of amides is 1. The lowest BCUT2D eigenvalue weighted by Gasteiger charge is -2.18. The monoisotopic (exact) mass is 398 g/mol. The number of carbonyl (C=O) groups excluding carboxylic acids is 1. The number of rotatable bonds is 7. The molecule has 0 fully saturated rings. The molecule has 4 heteroatoms. The first-order valence-electron chi connectivity index (χ1n) is 10.3. The maximum Gasteiger partial charge on any atom is 0.251 e. The smallest absolute Gasteiger partial charge is 0.251 e. The zero-order valence-electron chi connectivity index (χ0n) is 17.3. The van der Waals surface area contributed by atoms with Gasteiger partial charge in [0.15, 0.2) is 0 Å². The molecule has 3 aromatic carbocycles. The molecule has 152 valence electrons. The summed E-state index contributed by atoms with van der Waals surface area (Å²) in [7, 11) is 0. The number of benzene rings is 3. The Morgan fingerprint density at radius 2 is 1.63 bits per heavy atom. The minimum absolute atomic E-state index is 0.0508. The molecule has 0 bridgehead atoms. The van der Waals surface area contributed by atoms with Crippen LogP contribution in [0.5, 0.6) is 5.75 Å². The molecule has 0 aliphatic rings. The van der Waals surface area contributed by atoms with Gasteiger partial charge in [0.05, 0.1) is 6.10 Å². The molecule has 0 saturated carbocycles. The summed E-state index contributed by atoms with van der Waals surface area (Å²) < 4.78 is 5.66. The van der Waals surface area contributed by atoms with Crippen molar-refractivity contribution in [1.29, 1.82) is 0 Å². The number of ether oxygens (including phenoxy) is 1. The molecule has 0 radical (unpaired) electrons. The maximum atomic E-state index is 12.8. The van der Waals surface area contributed by atoms with Gasteiger partial charge in [-0.3, -0.25) is 4.79 Å². The van der Waals surface area contributed by atoms with Crippen LogP contribution in [-0.2, 0) is 0 Å². The van der Waals surface area contributed by atoms with Crippen molar-refractivity contribution < 1.29 is 9.53 Å². The first-order chi connectivity index (χ1) is 14.6. The molecule has 1 atom stereocenters. The Kier molecular flexibility index (Phi) is 5.84. The van der Waals surface area contributed by atoms with Gasteiger partial charge in [0, 0.05) is 35.1 Å². The van der Waals surface area contributed by atoms with Gasteiger partial charge < -0.3 is 15.0 Å². The molecule has 2 N–H and O–H groups in total. The number of H-pyrrole nitrogens is 1. The number of aromatic amines is 1. The molecule has 0 aliphatic carbocycles. The van der Waals surface area contributed by atoms with Crippen LogP contribution in [-0.4, -0.2) is 23.5 Å². The standard InChI is InChI=1S/C26H26N2O2/c1-18(2)30-21-14-12-20(13-15-21)26(29)28-16-23(19-8-4-3-5-9-19)24-17-27-25-11-7-6-10-22(24)25/h3-15,17-18,23,27H,16H2,1-2H3,(H,28,29). The van der Waals surface area contributed by atoms with Crippen molar-refractivity contribution in [2.75, 3.05) is 6.54 Å². The first kappa shape index (κ1) is 19.8. The average molecular weight is 399 g/mol. The Bertz CT molecular complexity index is 1110. The van der Waals surface area contributed by atoms with Crippen molar-refractivity contribution >= 4 is 16.8 Å². The second-order valence-corrected chi connectivity index (χ2v) is 7.65. The van der Waals surface area contributed by atoms with Crippen LogP contribution < -0.4 is 10.1 Å². The summed E-state index contributed by atoms with van der Waals surface area (Å²) in [6.07, 6.45) is 2.15. The largest absolute Gasteiger partial charge is 0.491 e. The highest BCUT2D eigenvalue weighted by Crippen LogP contribution is 2.30. The van der Waals surface area contributed by atoms with E-state index < -0.39 is 0 Å². The summed E-state index contributed by atoms with van der Waals surface area (Å²) in [5.41, 5.74) is 4.07. The Labute approximate surface area is 176 Å². The number of fused-ring (bicyclic) bond motifs is 1. The predicted molar refractivity (Wildman–Crippen MR) is 121 cm³/mol. The van der Waals surface area contributed by atoms with Gasteiger partial charge in [-0.1, -0.05) is 48.5 Å². The third kappa shape index (κ3) is 4.38. The fourth-order valence-electron chi connectivity index (χ4n) is 3.73. The third-order valence-electron chi connectivity index (χ3n) is 5.15. The molecular formula is C26H26N2O2. The van der Waals surface area contributed by atoms with Crippen LogP contribution in [0.2, 0.25) is 0 Å². The van der Waals surface area contributed by atoms with Crippen LogP contribution in [0.1, 0.15) is 41.3 Å². The summed E-state index contributed by atoms with van der Waals surface area (Å²) in [5.74, 6) is 0.726. The summed E-state index contributed by atoms with van der Waals surface area (Å²) in [6, 6.07) is 25.8. The van der Waals surface area contributed by atoms with E-state index in [9.17, 15) is 4.79 Å². The zero-order chi connectivity index (χ0) is 20.9. The molecule has 4 nitrogen and oxygen atoms in total. The fraction of sp³-hybridized carbons (Fsp3) is 0.192. The number of para-hydroxylation sites is 1. The van der Waals surface area contributed by atoms with Crippen molar-refractivity contribution in [2.45, 2.75) is 25.9 Å². The van der Waals surface area contributed by atoms with Crippen LogP contribution in [0.15, 0.2) is 85.1 Å². The highest BCUT2D eigenvalue weighted by molar-refractivity contribution is 5.94. The van der Waals surface area contributed by atoms with Gasteiger partial charge in [0.1, 0.15) is 5.75 Å². The van der Waals surface area contributed by atoms with Gasteiger partial charge in [0.2, 0.25) is 0 Å². The van der Waals surface area contributed by atoms with Crippen molar-refractivity contribution in [3.63, 3.8) is 0 Å². The predicted octanol–water partition coefficient (Wildman–Crippen LogP) is 5.52. The van der Waals surface area contributed by atoms with Gasteiger partial charge in [-0.15, -0.1) is 0 Å². The molecule has 4 rings (SSSR count). The molecule has 30 heavy (non-hydrogen) atoms. The number of aromatic nitrogens is 1. The van der Waals surface area contributed by atoms with Crippen molar-refractivity contribution in [3.8, 4) is 5.75 Å². The molecule has 0 saturated heterocycles. The quantitative estimate of drug-likeness (QED) is 0.431. The lowest BCUT2D eigenvalue weighted by Crippen LogP contribution is -2.28. The lowest BCUT2D eigenvalue weighted by molar-refractivity contribution is 0.0952.